The van der Waals surface area contributed by atoms with Gasteiger partial charge in [-0.05, 0) is 25.3 Å². The van der Waals surface area contributed by atoms with Gasteiger partial charge >= 0.3 is 6.09 Å². The van der Waals surface area contributed by atoms with Crippen LogP contribution < -0.4 is 10.5 Å². The maximum absolute atomic E-state index is 11.9. The highest BCUT2D eigenvalue weighted by molar-refractivity contribution is 6.32. The van der Waals surface area contributed by atoms with Gasteiger partial charge in [-0.3, -0.25) is 0 Å². The molecule has 1 aliphatic rings. The van der Waals surface area contributed by atoms with E-state index in [1.165, 1.54) is 18.3 Å². The number of ether oxygens (including phenoxy) is 1. The number of fused-ring (bicyclic) bond motifs is 1. The predicted molar refractivity (Wildman–Crippen MR) is 132 cm³/mol. The van der Waals surface area contributed by atoms with Crippen molar-refractivity contribution in [3.05, 3.63) is 39.8 Å². The third-order valence-electron chi connectivity index (χ3n) is 6.74. The number of nitriles is 1. The molecule has 0 spiro atoms. The minimum atomic E-state index is -0.995. The zero-order chi connectivity index (χ0) is 25.8. The number of nitrogens with zero attached hydrogens (tertiary/aromatic N) is 6. The fraction of sp³-hybridized carbons (Fsp3) is 0.458. The van der Waals surface area contributed by atoms with Gasteiger partial charge in [0, 0.05) is 29.6 Å². The first-order valence-corrected chi connectivity index (χ1v) is 11.5. The number of hydrogen-bond acceptors (Lipinski definition) is 7. The molecule has 0 radical (unpaired) electrons. The number of hydrogen-bond donors (Lipinski definition) is 2. The summed E-state index contributed by atoms with van der Waals surface area (Å²) in [5.74, 6) is 0.563. The number of nitrogens with two attached hydrogens (primary N) is 1. The average Bonchev–Trinajstić information content (AvgIpc) is 3.08. The Hall–Kier alpha value is -3.58. The Morgan fingerprint density at radius 1 is 1.40 bits per heavy atom. The van der Waals surface area contributed by atoms with Crippen molar-refractivity contribution >= 4 is 34.5 Å². The maximum Gasteiger partial charge on any atom is 0.407 e. The van der Waals surface area contributed by atoms with E-state index >= 15 is 0 Å². The predicted octanol–water partition coefficient (Wildman–Crippen LogP) is 4.35. The second-order valence-electron chi connectivity index (χ2n) is 9.90. The molecule has 184 valence electrons. The highest BCUT2D eigenvalue weighted by Gasteiger charge is 2.51. The molecule has 0 aliphatic carbocycles. The number of halogens is 1. The SMILES string of the molecule is COc1c(C(C)n2nc(C)c3c(N)ncnc32)cc(Cl)c(C#N)c1C1CN(C(=O)O)C1C(C)(C)C. The van der Waals surface area contributed by atoms with Gasteiger partial charge in [-0.25, -0.2) is 19.4 Å². The van der Waals surface area contributed by atoms with Crippen LogP contribution in [-0.2, 0) is 0 Å². The fourth-order valence-electron chi connectivity index (χ4n) is 5.27. The Kier molecular flexibility index (Phi) is 6.01. The number of benzene rings is 1. The van der Waals surface area contributed by atoms with E-state index in [0.29, 0.717) is 39.4 Å². The van der Waals surface area contributed by atoms with Crippen LogP contribution in [0.25, 0.3) is 11.0 Å². The van der Waals surface area contributed by atoms with Crippen molar-refractivity contribution in [2.75, 3.05) is 19.4 Å². The molecule has 11 heteroatoms. The molecular formula is C24H28ClN7O3. The van der Waals surface area contributed by atoms with Crippen LogP contribution in [0.4, 0.5) is 10.6 Å². The van der Waals surface area contributed by atoms with Crippen LogP contribution in [0, 0.1) is 23.7 Å². The van der Waals surface area contributed by atoms with Gasteiger partial charge in [0.15, 0.2) is 5.65 Å². The Morgan fingerprint density at radius 3 is 2.66 bits per heavy atom. The number of likely N-dealkylation sites (tertiary alicyclic amines) is 1. The normalized spacial score (nSPS) is 18.7. The van der Waals surface area contributed by atoms with Gasteiger partial charge in [0.25, 0.3) is 0 Å². The Morgan fingerprint density at radius 2 is 2.09 bits per heavy atom. The van der Waals surface area contributed by atoms with Crippen LogP contribution in [0.1, 0.15) is 62.0 Å². The Bertz CT molecular complexity index is 1370. The molecule has 35 heavy (non-hydrogen) atoms. The lowest BCUT2D eigenvalue weighted by Crippen LogP contribution is -2.62. The minimum absolute atomic E-state index is 0.240. The number of aromatic nitrogens is 4. The topological polar surface area (TPSA) is 143 Å². The summed E-state index contributed by atoms with van der Waals surface area (Å²) in [6.45, 7) is 9.95. The van der Waals surface area contributed by atoms with Gasteiger partial charge in [0.05, 0.1) is 34.8 Å². The van der Waals surface area contributed by atoms with Crippen molar-refractivity contribution in [1.82, 2.24) is 24.6 Å². The quantitative estimate of drug-likeness (QED) is 0.541. The van der Waals surface area contributed by atoms with Crippen LogP contribution in [-0.4, -0.2) is 55.5 Å². The summed E-state index contributed by atoms with van der Waals surface area (Å²) in [5, 5.41) is 25.3. The molecular weight excluding hydrogens is 470 g/mol. The first-order chi connectivity index (χ1) is 16.4. The third-order valence-corrected chi connectivity index (χ3v) is 7.04. The van der Waals surface area contributed by atoms with Gasteiger partial charge in [-0.15, -0.1) is 0 Å². The first kappa shape index (κ1) is 24.5. The molecule has 1 saturated heterocycles. The van der Waals surface area contributed by atoms with Crippen molar-refractivity contribution in [1.29, 1.82) is 5.26 Å². The van der Waals surface area contributed by atoms with Gasteiger partial charge in [-0.2, -0.15) is 10.4 Å². The number of carbonyl (C=O) groups is 1. The minimum Gasteiger partial charge on any atom is -0.496 e. The zero-order valence-electron chi connectivity index (χ0n) is 20.5. The molecule has 10 nitrogen and oxygen atoms in total. The van der Waals surface area contributed by atoms with Crippen molar-refractivity contribution in [2.24, 2.45) is 5.41 Å². The van der Waals surface area contributed by atoms with E-state index < -0.39 is 6.09 Å². The number of anilines is 1. The lowest BCUT2D eigenvalue weighted by molar-refractivity contribution is -0.00243. The van der Waals surface area contributed by atoms with Crippen LogP contribution in [0.3, 0.4) is 0 Å². The van der Waals surface area contributed by atoms with Crippen LogP contribution in [0.15, 0.2) is 12.4 Å². The molecule has 3 unspecified atom stereocenters. The number of carboxylic acid groups (broad SMARTS) is 1. The van der Waals surface area contributed by atoms with E-state index in [0.717, 1.165) is 0 Å². The monoisotopic (exact) mass is 497 g/mol. The molecule has 3 N–H and O–H groups in total. The zero-order valence-corrected chi connectivity index (χ0v) is 21.3. The van der Waals surface area contributed by atoms with Crippen molar-refractivity contribution in [3.8, 4) is 11.8 Å². The van der Waals surface area contributed by atoms with Crippen molar-refractivity contribution < 1.29 is 14.6 Å². The second-order valence-corrected chi connectivity index (χ2v) is 10.3. The lowest BCUT2D eigenvalue weighted by atomic mass is 9.68. The van der Waals surface area contributed by atoms with Gasteiger partial charge < -0.3 is 20.5 Å². The number of aryl methyl sites for hydroxylation is 1. The van der Waals surface area contributed by atoms with Crippen LogP contribution >= 0.6 is 11.6 Å². The Balaban J connectivity index is 1.93. The number of nitrogen functional groups attached to an aromatic ring is 1. The summed E-state index contributed by atoms with van der Waals surface area (Å²) in [4.78, 5) is 21.7. The highest BCUT2D eigenvalue weighted by atomic mass is 35.5. The van der Waals surface area contributed by atoms with E-state index in [2.05, 4.69) is 21.1 Å². The first-order valence-electron chi connectivity index (χ1n) is 11.2. The average molecular weight is 498 g/mol. The largest absolute Gasteiger partial charge is 0.496 e. The summed E-state index contributed by atoms with van der Waals surface area (Å²) < 4.78 is 7.63. The summed E-state index contributed by atoms with van der Waals surface area (Å²) >= 11 is 6.65. The molecule has 3 atom stereocenters. The second kappa shape index (κ2) is 8.57. The number of methoxy groups -OCH3 is 1. The molecule has 1 aliphatic heterocycles. The summed E-state index contributed by atoms with van der Waals surface area (Å²) in [6, 6.07) is 3.18. The van der Waals surface area contributed by atoms with Gasteiger partial charge in [-0.1, -0.05) is 32.4 Å². The standard InChI is InChI=1S/C24H28ClN7O3/c1-11-17-21(27)28-10-29-22(17)32(30-11)12(2)13-7-16(25)14(8-26)18(19(13)35-6)15-9-31(23(33)34)20(15)24(3,4)5/h7,10,12,15,20H,9H2,1-6H3,(H,33,34)(H2,27,28,29). The molecule has 3 aromatic rings. The molecule has 0 bridgehead atoms. The molecule has 0 saturated carbocycles. The molecule has 1 fully saturated rings. The Labute approximate surface area is 208 Å². The van der Waals surface area contributed by atoms with E-state index in [1.54, 1.807) is 10.7 Å². The van der Waals surface area contributed by atoms with Gasteiger partial charge in [0.1, 0.15) is 24.0 Å². The fourth-order valence-corrected chi connectivity index (χ4v) is 5.53. The van der Waals surface area contributed by atoms with Crippen LogP contribution in [0.5, 0.6) is 5.75 Å². The molecule has 4 rings (SSSR count). The maximum atomic E-state index is 11.9. The summed E-state index contributed by atoms with van der Waals surface area (Å²) in [7, 11) is 1.54. The van der Waals surface area contributed by atoms with E-state index in [1.807, 2.05) is 34.6 Å². The number of rotatable bonds is 4. The number of amides is 1. The molecule has 1 amide bonds. The molecule has 1 aromatic carbocycles. The van der Waals surface area contributed by atoms with Crippen molar-refractivity contribution in [3.63, 3.8) is 0 Å². The molecule has 2 aromatic heterocycles. The van der Waals surface area contributed by atoms with E-state index in [-0.39, 0.29) is 40.5 Å². The summed E-state index contributed by atoms with van der Waals surface area (Å²) in [5.41, 5.74) is 8.56. The third kappa shape index (κ3) is 3.80. The van der Waals surface area contributed by atoms with Gasteiger partial charge in [0.2, 0.25) is 0 Å². The lowest BCUT2D eigenvalue weighted by Gasteiger charge is -2.53. The van der Waals surface area contributed by atoms with Crippen LogP contribution in [0.2, 0.25) is 5.02 Å². The van der Waals surface area contributed by atoms with E-state index in [9.17, 15) is 15.2 Å². The molecule has 3 heterocycles. The smallest absolute Gasteiger partial charge is 0.407 e. The van der Waals surface area contributed by atoms with E-state index in [4.69, 9.17) is 22.1 Å². The summed E-state index contributed by atoms with van der Waals surface area (Å²) in [6.07, 6.45) is 0.393. The van der Waals surface area contributed by atoms with Crippen molar-refractivity contribution in [2.45, 2.75) is 52.6 Å². The highest BCUT2D eigenvalue weighted by Crippen LogP contribution is 2.50.